The van der Waals surface area contributed by atoms with E-state index in [0.29, 0.717) is 17.9 Å². The molecule has 1 amide bonds. The fourth-order valence-corrected chi connectivity index (χ4v) is 4.66. The minimum absolute atomic E-state index is 0.0772. The van der Waals surface area contributed by atoms with Gasteiger partial charge >= 0.3 is 0 Å². The van der Waals surface area contributed by atoms with Crippen molar-refractivity contribution in [1.29, 1.82) is 0 Å². The maximum Gasteiger partial charge on any atom is 0.251 e. The molecule has 1 aliphatic heterocycles. The van der Waals surface area contributed by atoms with Gasteiger partial charge in [-0.25, -0.2) is 14.6 Å². The van der Waals surface area contributed by atoms with E-state index in [1.54, 1.807) is 0 Å². The predicted molar refractivity (Wildman–Crippen MR) is 133 cm³/mol. The number of anilines is 1. The zero-order valence-electron chi connectivity index (χ0n) is 19.5. The van der Waals surface area contributed by atoms with Gasteiger partial charge in [0.15, 0.2) is 5.65 Å². The third-order valence-electron chi connectivity index (χ3n) is 6.30. The number of aryl methyl sites for hydroxylation is 2. The van der Waals surface area contributed by atoms with Crippen LogP contribution in [0.1, 0.15) is 45.9 Å². The highest BCUT2D eigenvalue weighted by Crippen LogP contribution is 2.33. The highest BCUT2D eigenvalue weighted by molar-refractivity contribution is 5.98. The summed E-state index contributed by atoms with van der Waals surface area (Å²) in [7, 11) is 0. The molecule has 0 spiro atoms. The van der Waals surface area contributed by atoms with Crippen molar-refractivity contribution >= 4 is 22.8 Å². The molecule has 1 aliphatic rings. The van der Waals surface area contributed by atoms with Gasteiger partial charge in [0.25, 0.3) is 5.91 Å². The summed E-state index contributed by atoms with van der Waals surface area (Å²) in [4.78, 5) is 21.3. The second-order valence-electron chi connectivity index (χ2n) is 9.01. The van der Waals surface area contributed by atoms with Crippen LogP contribution >= 0.6 is 0 Å². The molecule has 1 fully saturated rings. The SMILES string of the molecule is Cc1cc(C)cc(C(=O)NCc2ccc(-c3nn([C@@H]4CCCNC4)c4ncnc(N)c34)cc2)c1. The van der Waals surface area contributed by atoms with Gasteiger partial charge in [-0.1, -0.05) is 41.5 Å². The van der Waals surface area contributed by atoms with Crippen LogP contribution in [0.25, 0.3) is 22.3 Å². The van der Waals surface area contributed by atoms with Gasteiger partial charge in [0, 0.05) is 24.2 Å². The van der Waals surface area contributed by atoms with Crippen molar-refractivity contribution in [3.05, 3.63) is 71.0 Å². The normalized spacial score (nSPS) is 16.0. The van der Waals surface area contributed by atoms with Crippen molar-refractivity contribution in [2.45, 2.75) is 39.3 Å². The summed E-state index contributed by atoms with van der Waals surface area (Å²) in [5.41, 5.74) is 12.6. The quantitative estimate of drug-likeness (QED) is 0.424. The van der Waals surface area contributed by atoms with Gasteiger partial charge in [0.2, 0.25) is 0 Å². The molecular weight excluding hydrogens is 426 g/mol. The molecule has 5 rings (SSSR count). The zero-order chi connectivity index (χ0) is 23.7. The Balaban J connectivity index is 1.38. The Morgan fingerprint density at radius 3 is 2.62 bits per heavy atom. The first-order valence-corrected chi connectivity index (χ1v) is 11.6. The van der Waals surface area contributed by atoms with E-state index in [0.717, 1.165) is 64.9 Å². The Morgan fingerprint density at radius 1 is 1.15 bits per heavy atom. The maximum atomic E-state index is 12.6. The number of nitrogens with one attached hydrogen (secondary N) is 2. The summed E-state index contributed by atoms with van der Waals surface area (Å²) in [5, 5.41) is 12.2. The van der Waals surface area contributed by atoms with Gasteiger partial charge in [-0.05, 0) is 50.9 Å². The van der Waals surface area contributed by atoms with Crippen molar-refractivity contribution in [2.24, 2.45) is 0 Å². The number of aromatic nitrogens is 4. The molecule has 3 heterocycles. The highest BCUT2D eigenvalue weighted by Gasteiger charge is 2.23. The summed E-state index contributed by atoms with van der Waals surface area (Å²) in [6, 6.07) is 14.1. The second kappa shape index (κ2) is 9.23. The lowest BCUT2D eigenvalue weighted by molar-refractivity contribution is 0.0950. The lowest BCUT2D eigenvalue weighted by Gasteiger charge is -2.23. The van der Waals surface area contributed by atoms with Gasteiger partial charge in [-0.3, -0.25) is 4.79 Å². The minimum Gasteiger partial charge on any atom is -0.383 e. The van der Waals surface area contributed by atoms with Crippen LogP contribution in [-0.2, 0) is 6.54 Å². The van der Waals surface area contributed by atoms with E-state index < -0.39 is 0 Å². The van der Waals surface area contributed by atoms with E-state index in [2.05, 4.69) is 26.7 Å². The Hall–Kier alpha value is -3.78. The van der Waals surface area contributed by atoms with Crippen molar-refractivity contribution in [3.8, 4) is 11.3 Å². The molecule has 0 saturated carbocycles. The molecule has 8 heteroatoms. The number of nitrogens with zero attached hydrogens (tertiary/aromatic N) is 4. The Morgan fingerprint density at radius 2 is 1.91 bits per heavy atom. The van der Waals surface area contributed by atoms with Crippen molar-refractivity contribution in [1.82, 2.24) is 30.4 Å². The molecule has 4 aromatic rings. The van der Waals surface area contributed by atoms with Gasteiger partial charge in [-0.2, -0.15) is 5.10 Å². The molecule has 1 atom stereocenters. The molecule has 4 N–H and O–H groups in total. The lowest BCUT2D eigenvalue weighted by atomic mass is 10.1. The number of piperidine rings is 1. The molecule has 174 valence electrons. The van der Waals surface area contributed by atoms with Gasteiger partial charge in [-0.15, -0.1) is 0 Å². The molecule has 0 unspecified atom stereocenters. The van der Waals surface area contributed by atoms with Gasteiger partial charge < -0.3 is 16.4 Å². The highest BCUT2D eigenvalue weighted by atomic mass is 16.1. The predicted octanol–water partition coefficient (Wildman–Crippen LogP) is 3.55. The summed E-state index contributed by atoms with van der Waals surface area (Å²) in [5.74, 6) is 0.353. The third-order valence-corrected chi connectivity index (χ3v) is 6.30. The average molecular weight is 456 g/mol. The number of hydrogen-bond acceptors (Lipinski definition) is 6. The van der Waals surface area contributed by atoms with E-state index in [4.69, 9.17) is 10.8 Å². The molecular formula is C26H29N7O. The van der Waals surface area contributed by atoms with Crippen LogP contribution in [0.2, 0.25) is 0 Å². The van der Waals surface area contributed by atoms with Crippen LogP contribution in [0.15, 0.2) is 48.8 Å². The second-order valence-corrected chi connectivity index (χ2v) is 9.01. The van der Waals surface area contributed by atoms with E-state index in [1.807, 2.05) is 54.9 Å². The van der Waals surface area contributed by atoms with Crippen LogP contribution in [0.3, 0.4) is 0 Å². The van der Waals surface area contributed by atoms with Crippen LogP contribution in [0.5, 0.6) is 0 Å². The van der Waals surface area contributed by atoms with E-state index >= 15 is 0 Å². The first-order valence-electron chi connectivity index (χ1n) is 11.6. The maximum absolute atomic E-state index is 12.6. The van der Waals surface area contributed by atoms with Crippen LogP contribution < -0.4 is 16.4 Å². The van der Waals surface area contributed by atoms with Crippen LogP contribution in [0, 0.1) is 13.8 Å². The van der Waals surface area contributed by atoms with Gasteiger partial charge in [0.05, 0.1) is 11.4 Å². The number of carbonyl (C=O) groups excluding carboxylic acids is 1. The Bertz CT molecular complexity index is 1320. The van der Waals surface area contributed by atoms with Crippen LogP contribution in [-0.4, -0.2) is 38.7 Å². The molecule has 34 heavy (non-hydrogen) atoms. The number of hydrogen-bond donors (Lipinski definition) is 3. The summed E-state index contributed by atoms with van der Waals surface area (Å²) >= 11 is 0. The molecule has 0 aliphatic carbocycles. The Labute approximate surface area is 198 Å². The Kier molecular flexibility index (Phi) is 5.98. The van der Waals surface area contributed by atoms with Crippen molar-refractivity contribution in [3.63, 3.8) is 0 Å². The first kappa shape index (κ1) is 22.0. The molecule has 2 aromatic carbocycles. The fourth-order valence-electron chi connectivity index (χ4n) is 4.66. The smallest absolute Gasteiger partial charge is 0.251 e. The topological polar surface area (TPSA) is 111 Å². The van der Waals surface area contributed by atoms with Crippen molar-refractivity contribution < 1.29 is 4.79 Å². The van der Waals surface area contributed by atoms with Gasteiger partial charge in [0.1, 0.15) is 17.8 Å². The number of benzene rings is 2. The number of nitrogen functional groups attached to an aromatic ring is 1. The van der Waals surface area contributed by atoms with E-state index in [1.165, 1.54) is 6.33 Å². The number of rotatable bonds is 5. The largest absolute Gasteiger partial charge is 0.383 e. The van der Waals surface area contributed by atoms with E-state index in [9.17, 15) is 4.79 Å². The first-order chi connectivity index (χ1) is 16.5. The monoisotopic (exact) mass is 455 g/mol. The van der Waals surface area contributed by atoms with E-state index in [-0.39, 0.29) is 11.9 Å². The molecule has 1 saturated heterocycles. The minimum atomic E-state index is -0.0772. The average Bonchev–Trinajstić information content (AvgIpc) is 3.24. The number of amides is 1. The molecule has 2 aromatic heterocycles. The van der Waals surface area contributed by atoms with Crippen molar-refractivity contribution in [2.75, 3.05) is 18.8 Å². The molecule has 0 radical (unpaired) electrons. The third kappa shape index (κ3) is 4.36. The zero-order valence-corrected chi connectivity index (χ0v) is 19.5. The molecule has 0 bridgehead atoms. The summed E-state index contributed by atoms with van der Waals surface area (Å²) in [6.07, 6.45) is 3.65. The standard InChI is InChI=1S/C26H29N7O/c1-16-10-17(2)12-20(11-16)26(34)29-13-18-5-7-19(8-6-18)23-22-24(27)30-15-31-25(22)33(32-23)21-4-3-9-28-14-21/h5-8,10-12,15,21,28H,3-4,9,13-14H2,1-2H3,(H,29,34)(H2,27,30,31)/t21-/m1/s1. The number of carbonyl (C=O) groups is 1. The summed E-state index contributed by atoms with van der Waals surface area (Å²) < 4.78 is 1.99. The fraction of sp³-hybridized carbons (Fsp3) is 0.308. The lowest BCUT2D eigenvalue weighted by Crippen LogP contribution is -2.32. The molecule has 8 nitrogen and oxygen atoms in total. The number of nitrogens with two attached hydrogens (primary N) is 1. The van der Waals surface area contributed by atoms with Crippen LogP contribution in [0.4, 0.5) is 5.82 Å². The summed E-state index contributed by atoms with van der Waals surface area (Å²) in [6.45, 7) is 6.33. The number of fused-ring (bicyclic) bond motifs is 1.